The lowest BCUT2D eigenvalue weighted by Crippen LogP contribution is -2.09. The number of hydrogen-bond acceptors (Lipinski definition) is 5. The summed E-state index contributed by atoms with van der Waals surface area (Å²) >= 11 is 0. The Morgan fingerprint density at radius 2 is 2.17 bits per heavy atom. The molecule has 7 heteroatoms. The van der Waals surface area contributed by atoms with E-state index in [4.69, 9.17) is 14.6 Å². The third kappa shape index (κ3) is 3.51. The van der Waals surface area contributed by atoms with E-state index in [0.717, 1.165) is 6.07 Å². The Bertz CT molecular complexity index is 445. The molecule has 1 rings (SSSR count). The lowest BCUT2D eigenvalue weighted by Gasteiger charge is -2.07. The zero-order valence-corrected chi connectivity index (χ0v) is 9.79. The van der Waals surface area contributed by atoms with Crippen molar-refractivity contribution in [3.63, 3.8) is 0 Å². The Morgan fingerprint density at radius 1 is 1.44 bits per heavy atom. The standard InChI is InChI=1S/C11H13NO6/c1-17-5-6-18-7-8-3-2-4-9(12(15)16)10(8)11(13)14/h2-4H,5-7H2,1H3,(H,13,14). The highest BCUT2D eigenvalue weighted by molar-refractivity contribution is 5.94. The van der Waals surface area contributed by atoms with E-state index < -0.39 is 16.6 Å². The molecular weight excluding hydrogens is 242 g/mol. The number of carbonyl (C=O) groups is 1. The number of hydrogen-bond donors (Lipinski definition) is 1. The summed E-state index contributed by atoms with van der Waals surface area (Å²) in [7, 11) is 1.51. The van der Waals surface area contributed by atoms with Crippen molar-refractivity contribution in [2.45, 2.75) is 6.61 Å². The van der Waals surface area contributed by atoms with Crippen LogP contribution in [0.5, 0.6) is 0 Å². The van der Waals surface area contributed by atoms with Crippen LogP contribution in [0.4, 0.5) is 5.69 Å². The van der Waals surface area contributed by atoms with Crippen LogP contribution < -0.4 is 0 Å². The molecule has 18 heavy (non-hydrogen) atoms. The lowest BCUT2D eigenvalue weighted by molar-refractivity contribution is -0.385. The summed E-state index contributed by atoms with van der Waals surface area (Å²) in [5.74, 6) is -1.34. The van der Waals surface area contributed by atoms with E-state index in [-0.39, 0.29) is 24.3 Å². The first-order valence-corrected chi connectivity index (χ1v) is 5.14. The van der Waals surface area contributed by atoms with Gasteiger partial charge in [-0.1, -0.05) is 12.1 Å². The molecule has 0 aliphatic rings. The molecule has 1 aromatic rings. The molecule has 0 aromatic heterocycles. The third-order valence-electron chi connectivity index (χ3n) is 2.23. The van der Waals surface area contributed by atoms with Crippen molar-refractivity contribution in [2.75, 3.05) is 20.3 Å². The van der Waals surface area contributed by atoms with Gasteiger partial charge in [-0.05, 0) is 5.56 Å². The normalized spacial score (nSPS) is 10.3. The molecule has 0 heterocycles. The Balaban J connectivity index is 2.93. The smallest absolute Gasteiger partial charge is 0.343 e. The van der Waals surface area contributed by atoms with Crippen LogP contribution >= 0.6 is 0 Å². The summed E-state index contributed by atoms with van der Waals surface area (Å²) < 4.78 is 9.94. The van der Waals surface area contributed by atoms with Crippen LogP contribution in [0.3, 0.4) is 0 Å². The first-order chi connectivity index (χ1) is 8.57. The fourth-order valence-corrected chi connectivity index (χ4v) is 1.43. The predicted octanol–water partition coefficient (Wildman–Crippen LogP) is 1.46. The van der Waals surface area contributed by atoms with E-state index in [9.17, 15) is 14.9 Å². The van der Waals surface area contributed by atoms with Gasteiger partial charge < -0.3 is 14.6 Å². The average molecular weight is 255 g/mol. The molecule has 1 N–H and O–H groups in total. The number of nitro benzene ring substituents is 1. The van der Waals surface area contributed by atoms with Gasteiger partial charge in [-0.3, -0.25) is 10.1 Å². The van der Waals surface area contributed by atoms with E-state index in [1.165, 1.54) is 19.2 Å². The summed E-state index contributed by atoms with van der Waals surface area (Å²) in [6.45, 7) is 0.655. The number of ether oxygens (including phenoxy) is 2. The maximum absolute atomic E-state index is 11.1. The van der Waals surface area contributed by atoms with Crippen LogP contribution in [-0.2, 0) is 16.1 Å². The molecule has 0 aliphatic carbocycles. The third-order valence-corrected chi connectivity index (χ3v) is 2.23. The molecule has 7 nitrogen and oxygen atoms in total. The molecule has 0 atom stereocenters. The Morgan fingerprint density at radius 3 is 2.72 bits per heavy atom. The van der Waals surface area contributed by atoms with Gasteiger partial charge >= 0.3 is 5.97 Å². The topological polar surface area (TPSA) is 98.9 Å². The van der Waals surface area contributed by atoms with Crippen molar-refractivity contribution in [1.29, 1.82) is 0 Å². The van der Waals surface area contributed by atoms with Crippen molar-refractivity contribution in [3.05, 3.63) is 39.4 Å². The molecule has 0 aliphatic heterocycles. The molecule has 0 spiro atoms. The number of nitro groups is 1. The lowest BCUT2D eigenvalue weighted by atomic mass is 10.1. The summed E-state index contributed by atoms with van der Waals surface area (Å²) in [4.78, 5) is 21.1. The Kier molecular flexibility index (Phi) is 5.22. The number of carboxylic acids is 1. The number of methoxy groups -OCH3 is 1. The Labute approximate surface area is 103 Å². The highest BCUT2D eigenvalue weighted by Gasteiger charge is 2.23. The largest absolute Gasteiger partial charge is 0.477 e. The van der Waals surface area contributed by atoms with Gasteiger partial charge in [-0.2, -0.15) is 0 Å². The van der Waals surface area contributed by atoms with E-state index >= 15 is 0 Å². The second kappa shape index (κ2) is 6.67. The van der Waals surface area contributed by atoms with Gasteiger partial charge in [-0.25, -0.2) is 4.79 Å². The second-order valence-electron chi connectivity index (χ2n) is 3.42. The van der Waals surface area contributed by atoms with Crippen LogP contribution in [0.1, 0.15) is 15.9 Å². The Hall–Kier alpha value is -1.99. The summed E-state index contributed by atoms with van der Waals surface area (Å²) in [6.07, 6.45) is 0. The number of carboxylic acid groups (broad SMARTS) is 1. The number of nitrogens with zero attached hydrogens (tertiary/aromatic N) is 1. The maximum atomic E-state index is 11.1. The zero-order chi connectivity index (χ0) is 13.5. The van der Waals surface area contributed by atoms with Crippen LogP contribution in [0.15, 0.2) is 18.2 Å². The van der Waals surface area contributed by atoms with Gasteiger partial charge in [0.05, 0.1) is 24.7 Å². The van der Waals surface area contributed by atoms with Gasteiger partial charge in [-0.15, -0.1) is 0 Å². The quantitative estimate of drug-likeness (QED) is 0.450. The monoisotopic (exact) mass is 255 g/mol. The molecule has 1 aromatic carbocycles. The highest BCUT2D eigenvalue weighted by atomic mass is 16.6. The molecule has 98 valence electrons. The van der Waals surface area contributed by atoms with Crippen molar-refractivity contribution in [3.8, 4) is 0 Å². The van der Waals surface area contributed by atoms with Gasteiger partial charge in [0.25, 0.3) is 5.69 Å². The van der Waals surface area contributed by atoms with Gasteiger partial charge in [0.15, 0.2) is 0 Å². The molecule has 0 saturated heterocycles. The van der Waals surface area contributed by atoms with Crippen molar-refractivity contribution in [1.82, 2.24) is 0 Å². The first-order valence-electron chi connectivity index (χ1n) is 5.14. The van der Waals surface area contributed by atoms with Gasteiger partial charge in [0, 0.05) is 13.2 Å². The molecule has 0 amide bonds. The number of rotatable bonds is 7. The SMILES string of the molecule is COCCOCc1cccc([N+](=O)[O-])c1C(=O)O. The van der Waals surface area contributed by atoms with E-state index in [0.29, 0.717) is 6.61 Å². The zero-order valence-electron chi connectivity index (χ0n) is 9.79. The van der Waals surface area contributed by atoms with E-state index in [1.54, 1.807) is 0 Å². The van der Waals surface area contributed by atoms with Crippen molar-refractivity contribution < 1.29 is 24.3 Å². The molecule has 0 bridgehead atoms. The predicted molar refractivity (Wildman–Crippen MR) is 61.6 cm³/mol. The first kappa shape index (κ1) is 14.1. The molecule has 0 fully saturated rings. The fourth-order valence-electron chi connectivity index (χ4n) is 1.43. The summed E-state index contributed by atoms with van der Waals surface area (Å²) in [6, 6.07) is 4.07. The summed E-state index contributed by atoms with van der Waals surface area (Å²) in [5.41, 5.74) is -0.497. The van der Waals surface area contributed by atoms with Gasteiger partial charge in [0.2, 0.25) is 0 Å². The average Bonchev–Trinajstić information content (AvgIpc) is 2.33. The minimum atomic E-state index is -1.34. The van der Waals surface area contributed by atoms with Crippen LogP contribution in [-0.4, -0.2) is 36.3 Å². The maximum Gasteiger partial charge on any atom is 0.343 e. The van der Waals surface area contributed by atoms with Crippen LogP contribution in [0.25, 0.3) is 0 Å². The minimum absolute atomic E-state index is 0.00727. The molecular formula is C11H13NO6. The van der Waals surface area contributed by atoms with E-state index in [2.05, 4.69) is 0 Å². The fraction of sp³-hybridized carbons (Fsp3) is 0.364. The molecule has 0 unspecified atom stereocenters. The molecule has 0 radical (unpaired) electrons. The van der Waals surface area contributed by atoms with Crippen LogP contribution in [0.2, 0.25) is 0 Å². The second-order valence-corrected chi connectivity index (χ2v) is 3.42. The highest BCUT2D eigenvalue weighted by Crippen LogP contribution is 2.22. The van der Waals surface area contributed by atoms with Gasteiger partial charge in [0.1, 0.15) is 5.56 Å². The van der Waals surface area contributed by atoms with Crippen molar-refractivity contribution >= 4 is 11.7 Å². The van der Waals surface area contributed by atoms with Crippen molar-refractivity contribution in [2.24, 2.45) is 0 Å². The summed E-state index contributed by atoms with van der Waals surface area (Å²) in [5, 5.41) is 19.7. The van der Waals surface area contributed by atoms with E-state index in [1.807, 2.05) is 0 Å². The van der Waals surface area contributed by atoms with Crippen LogP contribution in [0, 0.1) is 10.1 Å². The minimum Gasteiger partial charge on any atom is -0.477 e. The molecule has 0 saturated carbocycles. The number of aromatic carboxylic acids is 1. The number of benzene rings is 1.